The van der Waals surface area contributed by atoms with Crippen molar-refractivity contribution < 1.29 is 9.21 Å². The lowest BCUT2D eigenvalue weighted by atomic mass is 10.2. The first-order valence-electron chi connectivity index (χ1n) is 7.57. The molecule has 0 unspecified atom stereocenters. The average Bonchev–Trinajstić information content (AvgIpc) is 3.06. The molecule has 0 atom stereocenters. The Kier molecular flexibility index (Phi) is 3.91. The van der Waals surface area contributed by atoms with Gasteiger partial charge in [0.1, 0.15) is 5.52 Å². The molecule has 0 radical (unpaired) electrons. The summed E-state index contributed by atoms with van der Waals surface area (Å²) >= 11 is 5.98. The molecular weight excluding hydrogens is 338 g/mol. The molecule has 0 aliphatic carbocycles. The van der Waals surface area contributed by atoms with Gasteiger partial charge in [-0.15, -0.1) is 0 Å². The number of rotatable bonds is 3. The molecule has 0 saturated heterocycles. The number of hydrogen-bond acceptors (Lipinski definition) is 4. The van der Waals surface area contributed by atoms with Crippen LogP contribution in [0.15, 0.2) is 71.4 Å². The SMILES string of the molecule is O=C(Nc1cccc(-c2nc3cc(Cl)ccc3o2)c1)c1ccncc1. The van der Waals surface area contributed by atoms with E-state index in [2.05, 4.69) is 15.3 Å². The van der Waals surface area contributed by atoms with E-state index in [-0.39, 0.29) is 5.91 Å². The van der Waals surface area contributed by atoms with E-state index in [1.165, 1.54) is 0 Å². The van der Waals surface area contributed by atoms with Crippen LogP contribution in [0.4, 0.5) is 5.69 Å². The van der Waals surface area contributed by atoms with Gasteiger partial charge in [-0.1, -0.05) is 17.7 Å². The maximum absolute atomic E-state index is 12.2. The maximum atomic E-state index is 12.2. The van der Waals surface area contributed by atoms with E-state index in [0.717, 1.165) is 5.56 Å². The number of oxazole rings is 1. The molecule has 0 aliphatic heterocycles. The molecule has 2 heterocycles. The van der Waals surface area contributed by atoms with Crippen molar-refractivity contribution >= 4 is 34.3 Å². The topological polar surface area (TPSA) is 68.0 Å². The minimum atomic E-state index is -0.205. The molecular formula is C19H12ClN3O2. The lowest BCUT2D eigenvalue weighted by Crippen LogP contribution is -2.11. The molecule has 1 amide bonds. The number of nitrogens with one attached hydrogen (secondary N) is 1. The van der Waals surface area contributed by atoms with Crippen molar-refractivity contribution in [3.63, 3.8) is 0 Å². The Labute approximate surface area is 148 Å². The number of carbonyl (C=O) groups is 1. The van der Waals surface area contributed by atoms with Crippen LogP contribution < -0.4 is 5.32 Å². The lowest BCUT2D eigenvalue weighted by molar-refractivity contribution is 0.102. The highest BCUT2D eigenvalue weighted by Crippen LogP contribution is 2.27. The third kappa shape index (κ3) is 3.22. The van der Waals surface area contributed by atoms with Gasteiger partial charge in [0.15, 0.2) is 5.58 Å². The standard InChI is InChI=1S/C19H12ClN3O2/c20-14-4-5-17-16(11-14)23-19(25-17)13-2-1-3-15(10-13)22-18(24)12-6-8-21-9-7-12/h1-11H,(H,22,24). The van der Waals surface area contributed by atoms with Crippen LogP contribution in [-0.4, -0.2) is 15.9 Å². The monoisotopic (exact) mass is 349 g/mol. The summed E-state index contributed by atoms with van der Waals surface area (Å²) in [5.41, 5.74) is 3.30. The van der Waals surface area contributed by atoms with Gasteiger partial charge < -0.3 is 9.73 Å². The second-order valence-electron chi connectivity index (χ2n) is 5.40. The Morgan fingerprint density at radius 3 is 2.72 bits per heavy atom. The van der Waals surface area contributed by atoms with Crippen molar-refractivity contribution in [3.05, 3.63) is 77.6 Å². The minimum Gasteiger partial charge on any atom is -0.436 e. The number of hydrogen-bond donors (Lipinski definition) is 1. The smallest absolute Gasteiger partial charge is 0.255 e. The zero-order valence-electron chi connectivity index (χ0n) is 12.9. The molecule has 122 valence electrons. The van der Waals surface area contributed by atoms with E-state index in [0.29, 0.717) is 33.3 Å². The van der Waals surface area contributed by atoms with Crippen molar-refractivity contribution in [1.29, 1.82) is 0 Å². The van der Waals surface area contributed by atoms with E-state index in [9.17, 15) is 4.79 Å². The van der Waals surface area contributed by atoms with E-state index >= 15 is 0 Å². The van der Waals surface area contributed by atoms with Crippen LogP contribution in [-0.2, 0) is 0 Å². The summed E-state index contributed by atoms with van der Waals surface area (Å²) in [4.78, 5) is 20.6. The van der Waals surface area contributed by atoms with Gasteiger partial charge in [-0.2, -0.15) is 0 Å². The summed E-state index contributed by atoms with van der Waals surface area (Å²) in [6.45, 7) is 0. The summed E-state index contributed by atoms with van der Waals surface area (Å²) in [6, 6.07) is 15.9. The summed E-state index contributed by atoms with van der Waals surface area (Å²) in [6.07, 6.45) is 3.16. The van der Waals surface area contributed by atoms with Crippen molar-refractivity contribution in [2.24, 2.45) is 0 Å². The van der Waals surface area contributed by atoms with E-state index < -0.39 is 0 Å². The molecule has 0 aliphatic rings. The van der Waals surface area contributed by atoms with Crippen LogP contribution in [0.3, 0.4) is 0 Å². The first-order chi connectivity index (χ1) is 12.2. The minimum absolute atomic E-state index is 0.205. The fourth-order valence-corrected chi connectivity index (χ4v) is 2.63. The Hall–Kier alpha value is -3.18. The molecule has 25 heavy (non-hydrogen) atoms. The van der Waals surface area contributed by atoms with Crippen molar-refractivity contribution in [2.45, 2.75) is 0 Å². The molecule has 0 saturated carbocycles. The van der Waals surface area contributed by atoms with Crippen LogP contribution in [0, 0.1) is 0 Å². The molecule has 4 aromatic rings. The van der Waals surface area contributed by atoms with Crippen LogP contribution in [0.25, 0.3) is 22.6 Å². The molecule has 0 spiro atoms. The third-order valence-corrected chi connectivity index (χ3v) is 3.89. The zero-order valence-corrected chi connectivity index (χ0v) is 13.7. The first kappa shape index (κ1) is 15.4. The predicted molar refractivity (Wildman–Crippen MR) is 96.6 cm³/mol. The summed E-state index contributed by atoms with van der Waals surface area (Å²) in [5.74, 6) is 0.265. The fourth-order valence-electron chi connectivity index (χ4n) is 2.46. The maximum Gasteiger partial charge on any atom is 0.255 e. The third-order valence-electron chi connectivity index (χ3n) is 3.66. The number of amides is 1. The second-order valence-corrected chi connectivity index (χ2v) is 5.84. The van der Waals surface area contributed by atoms with E-state index in [4.69, 9.17) is 16.0 Å². The molecule has 4 rings (SSSR count). The van der Waals surface area contributed by atoms with Gasteiger partial charge in [-0.25, -0.2) is 4.98 Å². The molecule has 0 fully saturated rings. The number of pyridine rings is 1. The normalized spacial score (nSPS) is 10.8. The van der Waals surface area contributed by atoms with Gasteiger partial charge in [0.2, 0.25) is 5.89 Å². The van der Waals surface area contributed by atoms with E-state index in [1.54, 1.807) is 42.7 Å². The summed E-state index contributed by atoms with van der Waals surface area (Å²) in [7, 11) is 0. The van der Waals surface area contributed by atoms with Crippen LogP contribution >= 0.6 is 11.6 Å². The van der Waals surface area contributed by atoms with Crippen LogP contribution in [0.5, 0.6) is 0 Å². The molecule has 1 N–H and O–H groups in total. The molecule has 2 aromatic heterocycles. The fraction of sp³-hybridized carbons (Fsp3) is 0. The van der Waals surface area contributed by atoms with Gasteiger partial charge in [0.25, 0.3) is 5.91 Å². The Balaban J connectivity index is 1.63. The highest BCUT2D eigenvalue weighted by atomic mass is 35.5. The molecule has 2 aromatic carbocycles. The number of benzene rings is 2. The van der Waals surface area contributed by atoms with Crippen LogP contribution in [0.2, 0.25) is 5.02 Å². The number of anilines is 1. The number of fused-ring (bicyclic) bond motifs is 1. The Morgan fingerprint density at radius 2 is 1.88 bits per heavy atom. The van der Waals surface area contributed by atoms with Gasteiger partial charge in [0.05, 0.1) is 0 Å². The summed E-state index contributed by atoms with van der Waals surface area (Å²) in [5, 5.41) is 3.46. The van der Waals surface area contributed by atoms with Gasteiger partial charge >= 0.3 is 0 Å². The highest BCUT2D eigenvalue weighted by molar-refractivity contribution is 6.31. The Bertz CT molecular complexity index is 1060. The number of aromatic nitrogens is 2. The molecule has 0 bridgehead atoms. The van der Waals surface area contributed by atoms with Crippen molar-refractivity contribution in [3.8, 4) is 11.5 Å². The first-order valence-corrected chi connectivity index (χ1v) is 7.95. The van der Waals surface area contributed by atoms with Crippen LogP contribution in [0.1, 0.15) is 10.4 Å². The second kappa shape index (κ2) is 6.37. The average molecular weight is 350 g/mol. The van der Waals surface area contributed by atoms with Gasteiger partial charge in [-0.05, 0) is 48.5 Å². The lowest BCUT2D eigenvalue weighted by Gasteiger charge is -2.06. The predicted octanol–water partition coefficient (Wildman–Crippen LogP) is 4.80. The number of carbonyl (C=O) groups excluding carboxylic acids is 1. The Morgan fingerprint density at radius 1 is 1.04 bits per heavy atom. The van der Waals surface area contributed by atoms with Gasteiger partial charge in [0, 0.05) is 34.2 Å². The van der Waals surface area contributed by atoms with Gasteiger partial charge in [-0.3, -0.25) is 9.78 Å². The largest absolute Gasteiger partial charge is 0.436 e. The summed E-state index contributed by atoms with van der Waals surface area (Å²) < 4.78 is 5.76. The quantitative estimate of drug-likeness (QED) is 0.577. The number of nitrogens with zero attached hydrogens (tertiary/aromatic N) is 2. The number of halogens is 1. The van der Waals surface area contributed by atoms with E-state index in [1.807, 2.05) is 24.3 Å². The molecule has 6 heteroatoms. The van der Waals surface area contributed by atoms with Crippen molar-refractivity contribution in [2.75, 3.05) is 5.32 Å². The zero-order chi connectivity index (χ0) is 17.2. The highest BCUT2D eigenvalue weighted by Gasteiger charge is 2.11. The molecule has 5 nitrogen and oxygen atoms in total. The van der Waals surface area contributed by atoms with Crippen molar-refractivity contribution in [1.82, 2.24) is 9.97 Å².